The van der Waals surface area contributed by atoms with Crippen LogP contribution in [0, 0.1) is 6.92 Å². The SMILES string of the molecule is COc1nc(N(CCCO)C2CCC2)ncc1-c1ccc(Oc2cncc(-c3cnn(C)c3)c2)c(C)n1. The predicted molar refractivity (Wildman–Crippen MR) is 140 cm³/mol. The highest BCUT2D eigenvalue weighted by molar-refractivity contribution is 5.66. The molecule has 0 saturated heterocycles. The molecule has 4 heterocycles. The highest BCUT2D eigenvalue weighted by Crippen LogP contribution is 2.34. The van der Waals surface area contributed by atoms with Crippen LogP contribution in [0.3, 0.4) is 0 Å². The maximum Gasteiger partial charge on any atom is 0.228 e. The summed E-state index contributed by atoms with van der Waals surface area (Å²) in [6.45, 7) is 2.75. The fourth-order valence-corrected chi connectivity index (χ4v) is 4.35. The minimum atomic E-state index is 0.139. The molecule has 0 radical (unpaired) electrons. The maximum absolute atomic E-state index is 9.32. The largest absolute Gasteiger partial charge is 0.480 e. The molecule has 0 atom stereocenters. The zero-order valence-corrected chi connectivity index (χ0v) is 21.3. The molecule has 0 spiro atoms. The Morgan fingerprint density at radius 3 is 2.65 bits per heavy atom. The highest BCUT2D eigenvalue weighted by Gasteiger charge is 2.27. The Balaban J connectivity index is 1.37. The third-order valence-electron chi connectivity index (χ3n) is 6.56. The van der Waals surface area contributed by atoms with Gasteiger partial charge in [-0.2, -0.15) is 10.1 Å². The van der Waals surface area contributed by atoms with E-state index in [4.69, 9.17) is 19.4 Å². The summed E-state index contributed by atoms with van der Waals surface area (Å²) in [5.74, 6) is 2.33. The van der Waals surface area contributed by atoms with E-state index >= 15 is 0 Å². The van der Waals surface area contributed by atoms with Gasteiger partial charge in [0.05, 0.1) is 36.5 Å². The quantitative estimate of drug-likeness (QED) is 0.342. The van der Waals surface area contributed by atoms with Gasteiger partial charge in [-0.1, -0.05) is 0 Å². The number of rotatable bonds is 10. The molecule has 10 nitrogen and oxygen atoms in total. The lowest BCUT2D eigenvalue weighted by Crippen LogP contribution is -2.42. The van der Waals surface area contributed by atoms with Crippen molar-refractivity contribution in [3.8, 4) is 39.8 Å². The molecular formula is C27H31N7O3. The van der Waals surface area contributed by atoms with Gasteiger partial charge < -0.3 is 19.5 Å². The number of hydrogen-bond acceptors (Lipinski definition) is 9. The number of nitrogens with zero attached hydrogens (tertiary/aromatic N) is 7. The second-order valence-electron chi connectivity index (χ2n) is 9.14. The van der Waals surface area contributed by atoms with Crippen molar-refractivity contribution in [2.45, 2.75) is 38.6 Å². The first-order valence-corrected chi connectivity index (χ1v) is 12.4. The van der Waals surface area contributed by atoms with E-state index in [1.165, 1.54) is 6.42 Å². The molecule has 5 rings (SSSR count). The third-order valence-corrected chi connectivity index (χ3v) is 6.56. The van der Waals surface area contributed by atoms with Gasteiger partial charge in [0, 0.05) is 56.0 Å². The zero-order chi connectivity index (χ0) is 25.8. The van der Waals surface area contributed by atoms with Crippen LogP contribution in [-0.4, -0.2) is 61.1 Å². The average Bonchev–Trinajstić information content (AvgIpc) is 3.32. The molecule has 192 valence electrons. The van der Waals surface area contributed by atoms with E-state index in [-0.39, 0.29) is 6.61 Å². The average molecular weight is 502 g/mol. The fourth-order valence-electron chi connectivity index (χ4n) is 4.35. The van der Waals surface area contributed by atoms with Gasteiger partial charge in [0.25, 0.3) is 0 Å². The number of aliphatic hydroxyl groups excluding tert-OH is 1. The first-order valence-electron chi connectivity index (χ1n) is 12.4. The summed E-state index contributed by atoms with van der Waals surface area (Å²) >= 11 is 0. The second-order valence-corrected chi connectivity index (χ2v) is 9.14. The highest BCUT2D eigenvalue weighted by atomic mass is 16.5. The Hall–Kier alpha value is -4.05. The Kier molecular flexibility index (Phi) is 7.27. The summed E-state index contributed by atoms with van der Waals surface area (Å²) in [5.41, 5.74) is 4.01. The lowest BCUT2D eigenvalue weighted by atomic mass is 9.91. The van der Waals surface area contributed by atoms with Crippen LogP contribution in [0.25, 0.3) is 22.4 Å². The van der Waals surface area contributed by atoms with E-state index in [9.17, 15) is 5.11 Å². The molecule has 4 aromatic rings. The Labute approximate surface area is 216 Å². The Bertz CT molecular complexity index is 1370. The number of aliphatic hydroxyl groups is 1. The van der Waals surface area contributed by atoms with Crippen molar-refractivity contribution >= 4 is 5.95 Å². The number of ether oxygens (including phenoxy) is 2. The molecule has 0 amide bonds. The minimum absolute atomic E-state index is 0.139. The number of aryl methyl sites for hydroxylation is 2. The number of anilines is 1. The third kappa shape index (κ3) is 5.39. The molecule has 37 heavy (non-hydrogen) atoms. The van der Waals surface area contributed by atoms with E-state index in [0.29, 0.717) is 53.6 Å². The van der Waals surface area contributed by atoms with E-state index in [1.807, 2.05) is 38.4 Å². The van der Waals surface area contributed by atoms with Crippen molar-refractivity contribution in [3.63, 3.8) is 0 Å². The molecule has 1 aliphatic rings. The maximum atomic E-state index is 9.32. The molecule has 1 saturated carbocycles. The van der Waals surface area contributed by atoms with Crippen LogP contribution in [0.5, 0.6) is 17.4 Å². The normalized spacial score (nSPS) is 13.3. The summed E-state index contributed by atoms with van der Waals surface area (Å²) in [7, 11) is 3.48. The van der Waals surface area contributed by atoms with Crippen LogP contribution in [0.15, 0.2) is 49.2 Å². The predicted octanol–water partition coefficient (Wildman–Crippen LogP) is 4.18. The van der Waals surface area contributed by atoms with Gasteiger partial charge in [0.15, 0.2) is 0 Å². The van der Waals surface area contributed by atoms with Gasteiger partial charge in [-0.25, -0.2) is 9.97 Å². The molecule has 1 fully saturated rings. The van der Waals surface area contributed by atoms with Crippen LogP contribution in [0.1, 0.15) is 31.4 Å². The lowest BCUT2D eigenvalue weighted by molar-refractivity contribution is 0.282. The standard InChI is InChI=1S/C27H31N7O3/c1-18-25(37-22-12-19(13-28-15-22)20-14-30-33(2)17-20)9-8-24(31-18)23-16-29-27(32-26(23)36-3)34(10-5-11-35)21-6-4-7-21/h8-9,12-17,21,35H,4-7,10-11H2,1-3H3. The number of aromatic nitrogens is 6. The molecule has 10 heteroatoms. The van der Waals surface area contributed by atoms with Crippen LogP contribution < -0.4 is 14.4 Å². The zero-order valence-electron chi connectivity index (χ0n) is 21.3. The molecule has 0 unspecified atom stereocenters. The number of hydrogen-bond donors (Lipinski definition) is 1. The molecule has 1 aliphatic carbocycles. The summed E-state index contributed by atoms with van der Waals surface area (Å²) in [4.78, 5) is 20.6. The molecule has 1 N–H and O–H groups in total. The van der Waals surface area contributed by atoms with Crippen LogP contribution in [0.4, 0.5) is 5.95 Å². The van der Waals surface area contributed by atoms with E-state index in [2.05, 4.69) is 20.0 Å². The summed E-state index contributed by atoms with van der Waals surface area (Å²) in [5, 5.41) is 13.5. The monoisotopic (exact) mass is 501 g/mol. The first kappa shape index (κ1) is 24.6. The van der Waals surface area contributed by atoms with Gasteiger partial charge in [0.2, 0.25) is 11.8 Å². The molecule has 0 aliphatic heterocycles. The lowest BCUT2D eigenvalue weighted by Gasteiger charge is -2.37. The van der Waals surface area contributed by atoms with Gasteiger partial charge in [-0.3, -0.25) is 9.67 Å². The van der Waals surface area contributed by atoms with Gasteiger partial charge >= 0.3 is 0 Å². The molecule has 0 aromatic carbocycles. The summed E-state index contributed by atoms with van der Waals surface area (Å²) < 4.78 is 13.5. The summed E-state index contributed by atoms with van der Waals surface area (Å²) in [6.07, 6.45) is 13.0. The van der Waals surface area contributed by atoms with E-state index < -0.39 is 0 Å². The topological polar surface area (TPSA) is 111 Å². The van der Waals surface area contributed by atoms with Crippen molar-refractivity contribution in [1.29, 1.82) is 0 Å². The van der Waals surface area contributed by atoms with Crippen molar-refractivity contribution in [3.05, 3.63) is 54.9 Å². The number of pyridine rings is 2. The van der Waals surface area contributed by atoms with Crippen molar-refractivity contribution in [2.75, 3.05) is 25.2 Å². The first-order chi connectivity index (χ1) is 18.1. The summed E-state index contributed by atoms with van der Waals surface area (Å²) in [6, 6.07) is 6.09. The van der Waals surface area contributed by atoms with E-state index in [0.717, 1.165) is 29.7 Å². The molecular weight excluding hydrogens is 470 g/mol. The van der Waals surface area contributed by atoms with Gasteiger partial charge in [-0.15, -0.1) is 0 Å². The minimum Gasteiger partial charge on any atom is -0.480 e. The molecule has 0 bridgehead atoms. The van der Waals surface area contributed by atoms with E-state index in [1.54, 1.807) is 36.6 Å². The van der Waals surface area contributed by atoms with Gasteiger partial charge in [-0.05, 0) is 50.8 Å². The molecule has 4 aromatic heterocycles. The van der Waals surface area contributed by atoms with Gasteiger partial charge in [0.1, 0.15) is 11.5 Å². The van der Waals surface area contributed by atoms with Crippen molar-refractivity contribution < 1.29 is 14.6 Å². The second kappa shape index (κ2) is 10.9. The fraction of sp³-hybridized carbons (Fsp3) is 0.370. The van der Waals surface area contributed by atoms with Crippen LogP contribution >= 0.6 is 0 Å². The van der Waals surface area contributed by atoms with Crippen LogP contribution in [-0.2, 0) is 7.05 Å². The smallest absolute Gasteiger partial charge is 0.228 e. The van der Waals surface area contributed by atoms with Crippen molar-refractivity contribution in [1.82, 2.24) is 29.7 Å². The Morgan fingerprint density at radius 1 is 1.11 bits per heavy atom. The Morgan fingerprint density at radius 2 is 1.97 bits per heavy atom. The van der Waals surface area contributed by atoms with Crippen molar-refractivity contribution in [2.24, 2.45) is 7.05 Å². The number of methoxy groups -OCH3 is 1. The van der Waals surface area contributed by atoms with Crippen LogP contribution in [0.2, 0.25) is 0 Å².